The van der Waals surface area contributed by atoms with Gasteiger partial charge in [0.1, 0.15) is 5.82 Å². The van der Waals surface area contributed by atoms with Gasteiger partial charge in [0.05, 0.1) is 6.61 Å². The Bertz CT molecular complexity index is 377. The van der Waals surface area contributed by atoms with Gasteiger partial charge >= 0.3 is 0 Å². The van der Waals surface area contributed by atoms with Gasteiger partial charge in [-0.25, -0.2) is 4.39 Å². The number of methoxy groups -OCH3 is 1. The molecule has 3 heteroatoms. The monoisotopic (exact) mass is 251 g/mol. The van der Waals surface area contributed by atoms with Gasteiger partial charge in [0, 0.05) is 20.2 Å². The van der Waals surface area contributed by atoms with Crippen molar-refractivity contribution >= 4 is 0 Å². The Morgan fingerprint density at radius 1 is 1.39 bits per heavy atom. The predicted octanol–water partition coefficient (Wildman–Crippen LogP) is 2.77. The number of hydrogen-bond donors (Lipinski definition) is 1. The van der Waals surface area contributed by atoms with Crippen molar-refractivity contribution in [2.24, 2.45) is 5.41 Å². The fraction of sp³-hybridized carbons (Fsp3) is 0.600. The first-order valence-corrected chi connectivity index (χ1v) is 6.68. The van der Waals surface area contributed by atoms with Gasteiger partial charge in [-0.2, -0.15) is 0 Å². The summed E-state index contributed by atoms with van der Waals surface area (Å²) in [7, 11) is 1.72. The molecule has 0 atom stereocenters. The molecule has 100 valence electrons. The molecule has 2 rings (SSSR count). The summed E-state index contributed by atoms with van der Waals surface area (Å²) < 4.78 is 18.2. The Morgan fingerprint density at radius 3 is 2.83 bits per heavy atom. The fourth-order valence-corrected chi connectivity index (χ4v) is 2.70. The van der Waals surface area contributed by atoms with E-state index in [0.717, 1.165) is 31.7 Å². The van der Waals surface area contributed by atoms with Crippen LogP contribution >= 0.6 is 0 Å². The zero-order valence-corrected chi connectivity index (χ0v) is 11.0. The summed E-state index contributed by atoms with van der Waals surface area (Å²) in [5.41, 5.74) is 1.45. The van der Waals surface area contributed by atoms with Gasteiger partial charge in [0.2, 0.25) is 0 Å². The zero-order chi connectivity index (χ0) is 12.8. The van der Waals surface area contributed by atoms with Crippen LogP contribution < -0.4 is 5.32 Å². The Kier molecular flexibility index (Phi) is 4.72. The molecule has 1 N–H and O–H groups in total. The first-order chi connectivity index (χ1) is 8.74. The predicted molar refractivity (Wildman–Crippen MR) is 71.1 cm³/mol. The van der Waals surface area contributed by atoms with Gasteiger partial charge < -0.3 is 10.1 Å². The molecule has 0 aliphatic heterocycles. The number of nitrogens with one attached hydrogen (secondary N) is 1. The van der Waals surface area contributed by atoms with Crippen molar-refractivity contribution in [3.63, 3.8) is 0 Å². The Balaban J connectivity index is 1.88. The average molecular weight is 251 g/mol. The zero-order valence-electron chi connectivity index (χ0n) is 11.0. The van der Waals surface area contributed by atoms with Crippen LogP contribution in [0.15, 0.2) is 24.3 Å². The third-order valence-corrected chi connectivity index (χ3v) is 3.87. The van der Waals surface area contributed by atoms with Gasteiger partial charge in [-0.15, -0.1) is 0 Å². The van der Waals surface area contributed by atoms with Crippen LogP contribution in [0, 0.1) is 11.2 Å². The molecule has 0 unspecified atom stereocenters. The lowest BCUT2D eigenvalue weighted by Crippen LogP contribution is -2.42. The van der Waals surface area contributed by atoms with E-state index in [1.165, 1.54) is 25.3 Å². The second-order valence-electron chi connectivity index (χ2n) is 5.33. The lowest BCUT2D eigenvalue weighted by atomic mass is 9.65. The van der Waals surface area contributed by atoms with E-state index >= 15 is 0 Å². The standard InChI is InChI=1S/C15H22FNO/c1-18-9-8-17-12-15(6-3-7-15)11-13-4-2-5-14(16)10-13/h2,4-5,10,17H,3,6-9,11-12H2,1H3. The number of ether oxygens (including phenoxy) is 1. The molecule has 18 heavy (non-hydrogen) atoms. The second kappa shape index (κ2) is 6.30. The summed E-state index contributed by atoms with van der Waals surface area (Å²) in [5, 5.41) is 3.45. The summed E-state index contributed by atoms with van der Waals surface area (Å²) >= 11 is 0. The van der Waals surface area contributed by atoms with Crippen molar-refractivity contribution < 1.29 is 9.13 Å². The van der Waals surface area contributed by atoms with Crippen molar-refractivity contribution in [2.45, 2.75) is 25.7 Å². The van der Waals surface area contributed by atoms with E-state index in [2.05, 4.69) is 5.32 Å². The summed E-state index contributed by atoms with van der Waals surface area (Å²) in [6.45, 7) is 2.64. The molecule has 1 aliphatic rings. The van der Waals surface area contributed by atoms with Crippen LogP contribution in [0.4, 0.5) is 4.39 Å². The quantitative estimate of drug-likeness (QED) is 0.752. The Morgan fingerprint density at radius 2 is 2.22 bits per heavy atom. The van der Waals surface area contributed by atoms with Crippen LogP contribution in [0.2, 0.25) is 0 Å². The van der Waals surface area contributed by atoms with Crippen LogP contribution in [0.25, 0.3) is 0 Å². The normalized spacial score (nSPS) is 17.4. The van der Waals surface area contributed by atoms with Crippen LogP contribution in [-0.4, -0.2) is 26.8 Å². The molecule has 0 radical (unpaired) electrons. The first kappa shape index (κ1) is 13.5. The van der Waals surface area contributed by atoms with Gasteiger partial charge in [-0.1, -0.05) is 18.6 Å². The van der Waals surface area contributed by atoms with Gasteiger partial charge in [0.15, 0.2) is 0 Å². The maximum Gasteiger partial charge on any atom is 0.123 e. The molecule has 0 aromatic heterocycles. The van der Waals surface area contributed by atoms with Crippen molar-refractivity contribution in [1.82, 2.24) is 5.32 Å². The summed E-state index contributed by atoms with van der Waals surface area (Å²) in [4.78, 5) is 0. The van der Waals surface area contributed by atoms with Crippen molar-refractivity contribution in [1.29, 1.82) is 0 Å². The lowest BCUT2D eigenvalue weighted by Gasteiger charge is -2.42. The summed E-state index contributed by atoms with van der Waals surface area (Å²) in [6.07, 6.45) is 4.75. The molecule has 1 fully saturated rings. The molecule has 1 aliphatic carbocycles. The molecule has 2 nitrogen and oxygen atoms in total. The van der Waals surface area contributed by atoms with Crippen molar-refractivity contribution in [3.8, 4) is 0 Å². The van der Waals surface area contributed by atoms with Gasteiger partial charge in [-0.05, 0) is 42.4 Å². The smallest absolute Gasteiger partial charge is 0.123 e. The van der Waals surface area contributed by atoms with Crippen LogP contribution in [-0.2, 0) is 11.2 Å². The minimum atomic E-state index is -0.130. The number of benzene rings is 1. The van der Waals surface area contributed by atoms with E-state index in [1.54, 1.807) is 19.2 Å². The molecule has 1 aromatic carbocycles. The Labute approximate surface area is 109 Å². The number of rotatable bonds is 7. The largest absolute Gasteiger partial charge is 0.383 e. The highest BCUT2D eigenvalue weighted by atomic mass is 19.1. The minimum absolute atomic E-state index is 0.130. The first-order valence-electron chi connectivity index (χ1n) is 6.68. The third-order valence-electron chi connectivity index (χ3n) is 3.87. The van der Waals surface area contributed by atoms with E-state index in [0.29, 0.717) is 5.41 Å². The molecular formula is C15H22FNO. The van der Waals surface area contributed by atoms with E-state index in [4.69, 9.17) is 4.74 Å². The van der Waals surface area contributed by atoms with Gasteiger partial charge in [-0.3, -0.25) is 0 Å². The maximum atomic E-state index is 13.2. The Hall–Kier alpha value is -0.930. The SMILES string of the molecule is COCCNCC1(Cc2cccc(F)c2)CCC1. The number of hydrogen-bond acceptors (Lipinski definition) is 2. The third kappa shape index (κ3) is 3.53. The lowest BCUT2D eigenvalue weighted by molar-refractivity contribution is 0.123. The topological polar surface area (TPSA) is 21.3 Å². The molecule has 0 spiro atoms. The molecule has 1 aromatic rings. The minimum Gasteiger partial charge on any atom is -0.383 e. The fourth-order valence-electron chi connectivity index (χ4n) is 2.70. The highest BCUT2D eigenvalue weighted by Crippen LogP contribution is 2.43. The molecular weight excluding hydrogens is 229 g/mol. The van der Waals surface area contributed by atoms with E-state index in [-0.39, 0.29) is 5.82 Å². The van der Waals surface area contributed by atoms with Gasteiger partial charge in [0.25, 0.3) is 0 Å². The van der Waals surface area contributed by atoms with Crippen molar-refractivity contribution in [2.75, 3.05) is 26.8 Å². The van der Waals surface area contributed by atoms with Crippen LogP contribution in [0.5, 0.6) is 0 Å². The van der Waals surface area contributed by atoms with Crippen LogP contribution in [0.3, 0.4) is 0 Å². The summed E-state index contributed by atoms with van der Waals surface area (Å²) in [6, 6.07) is 7.00. The number of halogens is 1. The molecule has 0 amide bonds. The van der Waals surface area contributed by atoms with E-state index < -0.39 is 0 Å². The highest BCUT2D eigenvalue weighted by molar-refractivity contribution is 5.19. The van der Waals surface area contributed by atoms with E-state index in [9.17, 15) is 4.39 Å². The molecule has 0 heterocycles. The van der Waals surface area contributed by atoms with Crippen LogP contribution in [0.1, 0.15) is 24.8 Å². The van der Waals surface area contributed by atoms with E-state index in [1.807, 2.05) is 6.07 Å². The summed E-state index contributed by atoms with van der Waals surface area (Å²) in [5.74, 6) is -0.130. The molecule has 0 bridgehead atoms. The average Bonchev–Trinajstić information content (AvgIpc) is 2.31. The maximum absolute atomic E-state index is 13.2. The molecule has 1 saturated carbocycles. The highest BCUT2D eigenvalue weighted by Gasteiger charge is 2.36. The molecule has 0 saturated heterocycles. The van der Waals surface area contributed by atoms with Crippen molar-refractivity contribution in [3.05, 3.63) is 35.6 Å². The second-order valence-corrected chi connectivity index (χ2v) is 5.33.